The number of hydrogen-bond acceptors (Lipinski definition) is 4. The number of hydrogen-bond donors (Lipinski definition) is 2. The molecule has 0 saturated carbocycles. The molecule has 1 aromatic heterocycles. The molecule has 70 heavy (non-hydrogen) atoms. The Morgan fingerprint density at radius 2 is 1.06 bits per heavy atom. The van der Waals surface area contributed by atoms with Crippen molar-refractivity contribution in [3.05, 3.63) is 252 Å². The molecule has 0 bridgehead atoms. The average Bonchev–Trinajstić information content (AvgIpc) is 3.44. The summed E-state index contributed by atoms with van der Waals surface area (Å²) in [5.74, 6) is 0.548. The molecule has 1 unspecified atom stereocenters. The topological polar surface area (TPSA) is 49.6 Å². The van der Waals surface area contributed by atoms with Crippen LogP contribution in [0.2, 0.25) is 0 Å². The first-order chi connectivity index (χ1) is 34.1. The molecule has 0 aliphatic heterocycles. The smallest absolute Gasteiger partial charge is 0.164 e. The van der Waals surface area contributed by atoms with Crippen molar-refractivity contribution in [1.29, 1.82) is 0 Å². The number of aliphatic imine (C=N–C) groups is 2. The zero-order valence-corrected chi connectivity index (χ0v) is 39.7. The lowest BCUT2D eigenvalue weighted by atomic mass is 9.86. The van der Waals surface area contributed by atoms with E-state index in [9.17, 15) is 0 Å². The van der Waals surface area contributed by atoms with Crippen molar-refractivity contribution in [3.8, 4) is 55.8 Å². The standard InChI is InChI=1S/C63H48N4.CH4S.CH4/c1-64-62(50-16-5-3-6-17-50)67-63(65-2,54-19-7-4-8-20-54)55-40-52(39-53(41-55)46-31-35-49(36-32-46)61-38-37-48-15-10-14-24-60(48)66-61)45-27-25-43(26-28-45)44-29-33-47(34-30-44)59-42-51-18-9-11-21-56(51)57-22-12-13-23-58(57)59;1-2;/h3-9,11-14,16-42,65H,1,10,15H2,2H3;2H,1H3;1H4/b67-62-;;. The third-order valence-corrected chi connectivity index (χ3v) is 13.3. The molecule has 9 aromatic carbocycles. The quantitative estimate of drug-likeness (QED) is 0.0621. The third kappa shape index (κ3) is 9.30. The number of thiol groups is 1. The van der Waals surface area contributed by atoms with E-state index in [0.29, 0.717) is 5.84 Å². The molecule has 1 N–H and O–H groups in total. The van der Waals surface area contributed by atoms with Gasteiger partial charge in [-0.15, -0.1) is 0 Å². The number of rotatable bonds is 10. The molecule has 1 heterocycles. The van der Waals surface area contributed by atoms with Gasteiger partial charge >= 0.3 is 0 Å². The van der Waals surface area contributed by atoms with Crippen molar-refractivity contribution < 1.29 is 0 Å². The van der Waals surface area contributed by atoms with E-state index in [2.05, 4.69) is 224 Å². The Kier molecular flexibility index (Phi) is 14.2. The fourth-order valence-corrected chi connectivity index (χ4v) is 9.70. The largest absolute Gasteiger partial charge is 0.289 e. The van der Waals surface area contributed by atoms with Crippen LogP contribution in [0.5, 0.6) is 0 Å². The molecule has 0 radical (unpaired) electrons. The first-order valence-electron chi connectivity index (χ1n) is 23.4. The lowest BCUT2D eigenvalue weighted by Gasteiger charge is -2.32. The Morgan fingerprint density at radius 3 is 1.67 bits per heavy atom. The Morgan fingerprint density at radius 1 is 0.529 bits per heavy atom. The molecule has 0 saturated heterocycles. The molecule has 0 amide bonds. The van der Waals surface area contributed by atoms with E-state index in [4.69, 9.17) is 9.98 Å². The highest BCUT2D eigenvalue weighted by molar-refractivity contribution is 7.79. The first kappa shape index (κ1) is 47.1. The Hall–Kier alpha value is -7.96. The third-order valence-electron chi connectivity index (χ3n) is 13.3. The monoisotopic (exact) mass is 924 g/mol. The van der Waals surface area contributed by atoms with Crippen LogP contribution in [-0.2, 0) is 12.1 Å². The number of aryl methyl sites for hydroxylation is 1. The molecule has 1 aliphatic carbocycles. The molecule has 5 heteroatoms. The first-order valence-corrected chi connectivity index (χ1v) is 24.3. The van der Waals surface area contributed by atoms with Crippen LogP contribution < -0.4 is 5.32 Å². The van der Waals surface area contributed by atoms with Crippen LogP contribution in [0.3, 0.4) is 0 Å². The predicted molar refractivity (Wildman–Crippen MR) is 304 cm³/mol. The summed E-state index contributed by atoms with van der Waals surface area (Å²) < 4.78 is 0. The highest BCUT2D eigenvalue weighted by Gasteiger charge is 2.34. The van der Waals surface area contributed by atoms with Crippen molar-refractivity contribution in [2.24, 2.45) is 9.98 Å². The summed E-state index contributed by atoms with van der Waals surface area (Å²) in [4.78, 5) is 15.0. The summed E-state index contributed by atoms with van der Waals surface area (Å²) in [7, 11) is 1.96. The summed E-state index contributed by atoms with van der Waals surface area (Å²) in [6, 6.07) is 78.0. The Labute approximate surface area is 418 Å². The van der Waals surface area contributed by atoms with Crippen molar-refractivity contribution in [1.82, 2.24) is 10.3 Å². The van der Waals surface area contributed by atoms with Gasteiger partial charge in [-0.05, 0) is 152 Å². The minimum absolute atomic E-state index is 0. The molecule has 342 valence electrons. The van der Waals surface area contributed by atoms with E-state index in [-0.39, 0.29) is 7.43 Å². The van der Waals surface area contributed by atoms with Gasteiger partial charge in [0, 0.05) is 11.1 Å². The molecular formula is C65H56N4S. The maximum atomic E-state index is 5.49. The number of allylic oxidation sites excluding steroid dienone is 1. The summed E-state index contributed by atoms with van der Waals surface area (Å²) >= 11 is 3.53. The van der Waals surface area contributed by atoms with Gasteiger partial charge in [0.25, 0.3) is 0 Å². The highest BCUT2D eigenvalue weighted by Crippen LogP contribution is 2.40. The number of fused-ring (bicyclic) bond motifs is 4. The molecule has 0 spiro atoms. The van der Waals surface area contributed by atoms with Crippen LogP contribution in [0, 0.1) is 0 Å². The minimum atomic E-state index is -1.02. The summed E-state index contributed by atoms with van der Waals surface area (Å²) in [5, 5.41) is 8.73. The number of aromatic nitrogens is 1. The van der Waals surface area contributed by atoms with E-state index in [1.54, 1.807) is 6.26 Å². The van der Waals surface area contributed by atoms with E-state index >= 15 is 0 Å². The van der Waals surface area contributed by atoms with Crippen molar-refractivity contribution >= 4 is 52.8 Å². The van der Waals surface area contributed by atoms with Crippen LogP contribution in [-0.4, -0.2) is 30.8 Å². The lowest BCUT2D eigenvalue weighted by Crippen LogP contribution is -2.40. The van der Waals surface area contributed by atoms with E-state index in [1.165, 1.54) is 38.2 Å². The number of nitrogens with one attached hydrogen (secondary N) is 1. The predicted octanol–water partition coefficient (Wildman–Crippen LogP) is 16.4. The van der Waals surface area contributed by atoms with Gasteiger partial charge in [0.05, 0.1) is 11.4 Å². The molecular weight excluding hydrogens is 869 g/mol. The van der Waals surface area contributed by atoms with Gasteiger partial charge in [-0.2, -0.15) is 12.6 Å². The SMILES string of the molecule is C.C=N/C(=N\C(NC)(c1ccccc1)c1cc(-c2ccc(-c3ccc(-c4cc5ccccc5c5ccccc45)cc3)cc2)cc(-c2ccc(-c3ccc4c(n3)C=CCC4)cc2)c1)c1ccccc1.CS. The number of benzene rings is 9. The normalized spacial score (nSPS) is 12.8. The van der Waals surface area contributed by atoms with Gasteiger partial charge in [-0.25, -0.2) is 15.0 Å². The number of nitrogens with zero attached hydrogens (tertiary/aromatic N) is 3. The van der Waals surface area contributed by atoms with E-state index in [0.717, 1.165) is 79.9 Å². The minimum Gasteiger partial charge on any atom is -0.289 e. The molecule has 1 aliphatic rings. The van der Waals surface area contributed by atoms with Gasteiger partial charge in [0.15, 0.2) is 11.5 Å². The fourth-order valence-electron chi connectivity index (χ4n) is 9.70. The zero-order chi connectivity index (χ0) is 47.2. The Bertz CT molecular complexity index is 3490. The van der Waals surface area contributed by atoms with Crippen LogP contribution >= 0.6 is 12.6 Å². The van der Waals surface area contributed by atoms with Crippen LogP contribution in [0.4, 0.5) is 0 Å². The zero-order valence-electron chi connectivity index (χ0n) is 38.8. The van der Waals surface area contributed by atoms with Crippen LogP contribution in [0.15, 0.2) is 234 Å². The second-order valence-electron chi connectivity index (χ2n) is 17.2. The summed E-state index contributed by atoms with van der Waals surface area (Å²) in [6.07, 6.45) is 8.16. The lowest BCUT2D eigenvalue weighted by molar-refractivity contribution is 0.461. The van der Waals surface area contributed by atoms with Gasteiger partial charge < -0.3 is 0 Å². The second-order valence-corrected chi connectivity index (χ2v) is 17.2. The molecule has 0 fully saturated rings. The molecule has 4 nitrogen and oxygen atoms in total. The fraction of sp³-hybridized carbons (Fsp3) is 0.0923. The maximum absolute atomic E-state index is 5.49. The summed E-state index contributed by atoms with van der Waals surface area (Å²) in [6.45, 7) is 3.99. The average molecular weight is 925 g/mol. The van der Waals surface area contributed by atoms with Crippen molar-refractivity contribution in [2.45, 2.75) is 25.9 Å². The van der Waals surface area contributed by atoms with E-state index in [1.807, 2.05) is 43.4 Å². The second kappa shape index (κ2) is 21.1. The Balaban J connectivity index is 0.00000200. The maximum Gasteiger partial charge on any atom is 0.164 e. The van der Waals surface area contributed by atoms with Gasteiger partial charge in [-0.3, -0.25) is 5.32 Å². The number of pyridine rings is 1. The number of amidine groups is 1. The molecule has 11 rings (SSSR count). The highest BCUT2D eigenvalue weighted by atomic mass is 32.1. The van der Waals surface area contributed by atoms with Crippen molar-refractivity contribution in [3.63, 3.8) is 0 Å². The van der Waals surface area contributed by atoms with Crippen LogP contribution in [0.25, 0.3) is 83.4 Å². The van der Waals surface area contributed by atoms with E-state index < -0.39 is 5.66 Å². The molecule has 1 atom stereocenters. The van der Waals surface area contributed by atoms with Gasteiger partial charge in [-0.1, -0.05) is 202 Å². The van der Waals surface area contributed by atoms with Crippen LogP contribution in [0.1, 0.15) is 41.8 Å². The molecule has 10 aromatic rings. The van der Waals surface area contributed by atoms with Gasteiger partial charge in [0.2, 0.25) is 0 Å². The van der Waals surface area contributed by atoms with Gasteiger partial charge in [0.1, 0.15) is 0 Å². The van der Waals surface area contributed by atoms with Crippen molar-refractivity contribution in [2.75, 3.05) is 13.3 Å². The summed E-state index contributed by atoms with van der Waals surface area (Å²) in [5.41, 5.74) is 15.3.